The molecule has 0 atom stereocenters. The van der Waals surface area contributed by atoms with Gasteiger partial charge in [0, 0.05) is 16.8 Å². The Labute approximate surface area is 144 Å². The monoisotopic (exact) mass is 343 g/mol. The molecular weight excluding hydrogens is 322 g/mol. The van der Waals surface area contributed by atoms with Crippen LogP contribution < -0.4 is 27.8 Å². The Morgan fingerprint density at radius 3 is 2.04 bits per heavy atom. The first-order chi connectivity index (χ1) is 11.8. The van der Waals surface area contributed by atoms with Crippen LogP contribution in [0.15, 0.2) is 28.2 Å². The van der Waals surface area contributed by atoms with Crippen molar-refractivity contribution in [1.82, 2.24) is 0 Å². The van der Waals surface area contributed by atoms with Crippen LogP contribution in [0.3, 0.4) is 0 Å². The first-order valence-electron chi connectivity index (χ1n) is 8.07. The molecule has 8 N–H and O–H groups in total. The third-order valence-electron chi connectivity index (χ3n) is 4.60. The Bertz CT molecular complexity index is 761. The molecule has 132 valence electrons. The number of nitrogens with zero attached hydrogens (tertiary/aromatic N) is 3. The molecule has 3 rings (SSSR count). The molecule has 1 heterocycles. The predicted octanol–water partition coefficient (Wildman–Crippen LogP) is -0.00580. The maximum atomic E-state index is 11.7. The molecule has 9 nitrogen and oxygen atoms in total. The van der Waals surface area contributed by atoms with E-state index in [2.05, 4.69) is 9.98 Å². The van der Waals surface area contributed by atoms with Crippen LogP contribution in [0.1, 0.15) is 52.8 Å². The van der Waals surface area contributed by atoms with E-state index >= 15 is 0 Å². The summed E-state index contributed by atoms with van der Waals surface area (Å²) in [5.41, 5.74) is 22.9. The van der Waals surface area contributed by atoms with Crippen LogP contribution in [0.4, 0.5) is 5.69 Å². The van der Waals surface area contributed by atoms with E-state index in [1.165, 1.54) is 6.07 Å². The SMILES string of the molecule is NC(=O)c1cc(C(N)=O)cc(N2C(N)=NC(N)=NC23CCCCC3)c1. The van der Waals surface area contributed by atoms with E-state index in [1.54, 1.807) is 17.0 Å². The lowest BCUT2D eigenvalue weighted by Gasteiger charge is -2.45. The molecule has 0 aromatic heterocycles. The third-order valence-corrected chi connectivity index (χ3v) is 4.60. The Morgan fingerprint density at radius 2 is 1.52 bits per heavy atom. The molecule has 1 aromatic carbocycles. The van der Waals surface area contributed by atoms with Crippen LogP contribution in [-0.4, -0.2) is 29.4 Å². The zero-order valence-electron chi connectivity index (χ0n) is 13.7. The largest absolute Gasteiger partial charge is 0.369 e. The highest BCUT2D eigenvalue weighted by atomic mass is 16.1. The summed E-state index contributed by atoms with van der Waals surface area (Å²) in [5, 5.41) is 0. The van der Waals surface area contributed by atoms with Gasteiger partial charge in [0.2, 0.25) is 23.7 Å². The molecular formula is C16H21N7O2. The average molecular weight is 343 g/mol. The van der Waals surface area contributed by atoms with Crippen molar-refractivity contribution in [3.05, 3.63) is 29.3 Å². The molecule has 1 saturated carbocycles. The van der Waals surface area contributed by atoms with Gasteiger partial charge in [-0.2, -0.15) is 4.99 Å². The Hall–Kier alpha value is -3.10. The lowest BCUT2D eigenvalue weighted by atomic mass is 9.87. The van der Waals surface area contributed by atoms with E-state index in [9.17, 15) is 9.59 Å². The van der Waals surface area contributed by atoms with E-state index in [1.807, 2.05) is 0 Å². The van der Waals surface area contributed by atoms with Crippen molar-refractivity contribution >= 4 is 29.4 Å². The number of carbonyl (C=O) groups excluding carboxylic acids is 2. The minimum absolute atomic E-state index is 0.122. The van der Waals surface area contributed by atoms with Crippen LogP contribution in [0, 0.1) is 0 Å². The van der Waals surface area contributed by atoms with Gasteiger partial charge in [0.1, 0.15) is 5.66 Å². The van der Waals surface area contributed by atoms with Gasteiger partial charge in [-0.3, -0.25) is 14.5 Å². The molecule has 2 aliphatic rings. The number of amides is 2. The second-order valence-corrected chi connectivity index (χ2v) is 6.32. The Balaban J connectivity index is 2.17. The summed E-state index contributed by atoms with van der Waals surface area (Å²) in [6, 6.07) is 4.48. The fraction of sp³-hybridized carbons (Fsp3) is 0.375. The lowest BCUT2D eigenvalue weighted by Crippen LogP contribution is -2.58. The summed E-state index contributed by atoms with van der Waals surface area (Å²) in [4.78, 5) is 33.6. The van der Waals surface area contributed by atoms with Gasteiger partial charge in [0.15, 0.2) is 0 Å². The molecule has 9 heteroatoms. The van der Waals surface area contributed by atoms with Crippen molar-refractivity contribution in [3.63, 3.8) is 0 Å². The van der Waals surface area contributed by atoms with Gasteiger partial charge < -0.3 is 22.9 Å². The number of aliphatic imine (C=N–C) groups is 2. The number of hydrogen-bond acceptors (Lipinski definition) is 7. The van der Waals surface area contributed by atoms with Crippen molar-refractivity contribution in [3.8, 4) is 0 Å². The molecule has 1 spiro atoms. The second-order valence-electron chi connectivity index (χ2n) is 6.32. The van der Waals surface area contributed by atoms with Crippen LogP contribution in [-0.2, 0) is 0 Å². The molecule has 0 radical (unpaired) electrons. The number of benzene rings is 1. The van der Waals surface area contributed by atoms with Gasteiger partial charge in [-0.1, -0.05) is 6.42 Å². The standard InChI is InChI=1S/C16H21N7O2/c17-12(24)9-6-10(13(18)25)8-11(7-9)23-15(20)21-14(19)22-16(23)4-2-1-3-5-16/h6-8H,1-5H2,(H2,17,24)(H2,18,25)(H4,19,20,21,22). The van der Waals surface area contributed by atoms with Crippen LogP contribution in [0.25, 0.3) is 0 Å². The Kier molecular flexibility index (Phi) is 4.07. The molecule has 0 saturated heterocycles. The van der Waals surface area contributed by atoms with Crippen LogP contribution in [0.2, 0.25) is 0 Å². The topological polar surface area (TPSA) is 166 Å². The van der Waals surface area contributed by atoms with E-state index in [0.29, 0.717) is 5.69 Å². The van der Waals surface area contributed by atoms with Crippen LogP contribution in [0.5, 0.6) is 0 Å². The number of carbonyl (C=O) groups is 2. The number of rotatable bonds is 3. The molecule has 1 aliphatic carbocycles. The molecule has 0 unspecified atom stereocenters. The zero-order chi connectivity index (χ0) is 18.2. The summed E-state index contributed by atoms with van der Waals surface area (Å²) in [6.07, 6.45) is 4.47. The summed E-state index contributed by atoms with van der Waals surface area (Å²) >= 11 is 0. The zero-order valence-corrected chi connectivity index (χ0v) is 13.7. The van der Waals surface area contributed by atoms with Gasteiger partial charge in [0.25, 0.3) is 0 Å². The minimum Gasteiger partial charge on any atom is -0.369 e. The second kappa shape index (κ2) is 6.08. The first kappa shape index (κ1) is 16.7. The third kappa shape index (κ3) is 3.00. The molecule has 1 aromatic rings. The molecule has 1 aliphatic heterocycles. The average Bonchev–Trinajstić information content (AvgIpc) is 2.54. The van der Waals surface area contributed by atoms with E-state index < -0.39 is 17.5 Å². The number of hydrogen-bond donors (Lipinski definition) is 4. The predicted molar refractivity (Wildman–Crippen MR) is 95.0 cm³/mol. The van der Waals surface area contributed by atoms with Crippen LogP contribution >= 0.6 is 0 Å². The molecule has 25 heavy (non-hydrogen) atoms. The number of primary amides is 2. The maximum absolute atomic E-state index is 11.7. The van der Waals surface area contributed by atoms with Crippen molar-refractivity contribution in [2.24, 2.45) is 32.9 Å². The van der Waals surface area contributed by atoms with Gasteiger partial charge >= 0.3 is 0 Å². The van der Waals surface area contributed by atoms with Crippen molar-refractivity contribution in [2.45, 2.75) is 37.8 Å². The maximum Gasteiger partial charge on any atom is 0.248 e. The fourth-order valence-corrected chi connectivity index (χ4v) is 3.52. The molecule has 2 amide bonds. The highest BCUT2D eigenvalue weighted by molar-refractivity contribution is 6.07. The summed E-state index contributed by atoms with van der Waals surface area (Å²) in [5.74, 6) is -1.06. The molecule has 1 fully saturated rings. The smallest absolute Gasteiger partial charge is 0.248 e. The van der Waals surface area contributed by atoms with Gasteiger partial charge in [-0.05, 0) is 43.9 Å². The minimum atomic E-state index is -0.681. The highest BCUT2D eigenvalue weighted by Crippen LogP contribution is 2.39. The fourth-order valence-electron chi connectivity index (χ4n) is 3.52. The van der Waals surface area contributed by atoms with E-state index in [0.717, 1.165) is 32.1 Å². The summed E-state index contributed by atoms with van der Waals surface area (Å²) < 4.78 is 0. The lowest BCUT2D eigenvalue weighted by molar-refractivity contribution is 0.0999. The van der Waals surface area contributed by atoms with E-state index in [4.69, 9.17) is 22.9 Å². The van der Waals surface area contributed by atoms with Gasteiger partial charge in [-0.25, -0.2) is 4.99 Å². The van der Waals surface area contributed by atoms with Gasteiger partial charge in [-0.15, -0.1) is 0 Å². The van der Waals surface area contributed by atoms with Gasteiger partial charge in [0.05, 0.1) is 0 Å². The first-order valence-corrected chi connectivity index (χ1v) is 8.07. The highest BCUT2D eigenvalue weighted by Gasteiger charge is 2.42. The van der Waals surface area contributed by atoms with Crippen molar-refractivity contribution in [1.29, 1.82) is 0 Å². The summed E-state index contributed by atoms with van der Waals surface area (Å²) in [6.45, 7) is 0. The number of nitrogens with two attached hydrogens (primary N) is 4. The summed E-state index contributed by atoms with van der Waals surface area (Å²) in [7, 11) is 0. The van der Waals surface area contributed by atoms with Crippen molar-refractivity contribution < 1.29 is 9.59 Å². The quantitative estimate of drug-likeness (QED) is 0.605. The number of guanidine groups is 2. The van der Waals surface area contributed by atoms with E-state index in [-0.39, 0.29) is 23.0 Å². The normalized spacial score (nSPS) is 19.3. The van der Waals surface area contributed by atoms with Crippen molar-refractivity contribution in [2.75, 3.05) is 4.90 Å². The molecule has 0 bridgehead atoms. The Morgan fingerprint density at radius 1 is 0.960 bits per heavy atom. The number of anilines is 1.